The summed E-state index contributed by atoms with van der Waals surface area (Å²) in [7, 11) is 0. The van der Waals surface area contributed by atoms with Crippen LogP contribution < -0.4 is 11.1 Å². The highest BCUT2D eigenvalue weighted by Gasteiger charge is 2.18. The Morgan fingerprint density at radius 1 is 1.52 bits per heavy atom. The SMILES string of the molecule is Cc1ncc(C=O)c(CN[C@@H](CCCCN)C(=O)O)c1O. The van der Waals surface area contributed by atoms with Crippen LogP contribution in [0, 0.1) is 6.92 Å². The van der Waals surface area contributed by atoms with Gasteiger partial charge < -0.3 is 21.3 Å². The highest BCUT2D eigenvalue weighted by atomic mass is 16.4. The van der Waals surface area contributed by atoms with Crippen LogP contribution in [0.4, 0.5) is 0 Å². The molecule has 0 aliphatic carbocycles. The molecule has 7 heteroatoms. The first-order valence-electron chi connectivity index (χ1n) is 6.80. The predicted octanol–water partition coefficient (Wildman–Crippen LogP) is 0.580. The maximum absolute atomic E-state index is 11.2. The molecule has 0 saturated heterocycles. The molecule has 0 saturated carbocycles. The number of pyridine rings is 1. The quantitative estimate of drug-likeness (QED) is 0.388. The number of aryl methyl sites for hydroxylation is 1. The van der Waals surface area contributed by atoms with Crippen molar-refractivity contribution in [1.82, 2.24) is 10.3 Å². The molecule has 1 aromatic rings. The lowest BCUT2D eigenvalue weighted by molar-refractivity contribution is -0.139. The van der Waals surface area contributed by atoms with E-state index >= 15 is 0 Å². The summed E-state index contributed by atoms with van der Waals surface area (Å²) in [5, 5.41) is 22.0. The Labute approximate surface area is 123 Å². The molecule has 0 fully saturated rings. The number of nitrogens with zero attached hydrogens (tertiary/aromatic N) is 1. The maximum Gasteiger partial charge on any atom is 0.320 e. The van der Waals surface area contributed by atoms with Crippen LogP contribution in [0.3, 0.4) is 0 Å². The summed E-state index contributed by atoms with van der Waals surface area (Å²) in [6.07, 6.45) is 3.84. The van der Waals surface area contributed by atoms with Gasteiger partial charge in [-0.1, -0.05) is 6.42 Å². The maximum atomic E-state index is 11.2. The Hall–Kier alpha value is -1.99. The molecule has 1 atom stereocenters. The van der Waals surface area contributed by atoms with Crippen molar-refractivity contribution in [3.8, 4) is 5.75 Å². The van der Waals surface area contributed by atoms with E-state index in [1.54, 1.807) is 6.92 Å². The molecule has 0 amide bonds. The zero-order valence-electron chi connectivity index (χ0n) is 12.0. The van der Waals surface area contributed by atoms with Crippen LogP contribution in [0.1, 0.15) is 40.9 Å². The minimum absolute atomic E-state index is 0.0850. The standard InChI is InChI=1S/C14H21N3O4/c1-9-13(19)11(10(8-18)6-16-9)7-17-12(14(20)21)4-2-3-5-15/h6,8,12,17,19H,2-5,7,15H2,1H3,(H,20,21)/t12-/m0/s1. The van der Waals surface area contributed by atoms with Crippen LogP contribution in [-0.4, -0.2) is 40.0 Å². The number of aliphatic carboxylic acids is 1. The molecule has 0 aromatic carbocycles. The van der Waals surface area contributed by atoms with Crippen LogP contribution in [0.15, 0.2) is 6.20 Å². The number of aldehydes is 1. The molecular formula is C14H21N3O4. The lowest BCUT2D eigenvalue weighted by Crippen LogP contribution is -2.36. The van der Waals surface area contributed by atoms with Crippen molar-refractivity contribution in [1.29, 1.82) is 0 Å². The van der Waals surface area contributed by atoms with E-state index < -0.39 is 12.0 Å². The smallest absolute Gasteiger partial charge is 0.320 e. The van der Waals surface area contributed by atoms with Crippen molar-refractivity contribution in [2.75, 3.05) is 6.54 Å². The minimum Gasteiger partial charge on any atom is -0.506 e. The summed E-state index contributed by atoms with van der Waals surface area (Å²) >= 11 is 0. The van der Waals surface area contributed by atoms with Crippen molar-refractivity contribution in [2.45, 2.75) is 38.8 Å². The van der Waals surface area contributed by atoms with Crippen LogP contribution in [0.2, 0.25) is 0 Å². The predicted molar refractivity (Wildman–Crippen MR) is 77.2 cm³/mol. The first-order valence-corrected chi connectivity index (χ1v) is 6.80. The second-order valence-corrected chi connectivity index (χ2v) is 4.80. The molecule has 0 aliphatic heterocycles. The largest absolute Gasteiger partial charge is 0.506 e. The molecule has 0 unspecified atom stereocenters. The number of nitrogens with two attached hydrogens (primary N) is 1. The zero-order valence-corrected chi connectivity index (χ0v) is 12.0. The number of unbranched alkanes of at least 4 members (excludes halogenated alkanes) is 1. The van der Waals surface area contributed by atoms with E-state index in [-0.39, 0.29) is 17.9 Å². The number of carbonyl (C=O) groups is 2. The van der Waals surface area contributed by atoms with Gasteiger partial charge in [0.05, 0.1) is 5.69 Å². The summed E-state index contributed by atoms with van der Waals surface area (Å²) in [6.45, 7) is 2.22. The van der Waals surface area contributed by atoms with E-state index in [0.29, 0.717) is 36.9 Å². The Balaban J connectivity index is 2.78. The molecule has 116 valence electrons. The van der Waals surface area contributed by atoms with Crippen molar-refractivity contribution in [2.24, 2.45) is 5.73 Å². The topological polar surface area (TPSA) is 126 Å². The van der Waals surface area contributed by atoms with E-state index in [1.807, 2.05) is 0 Å². The molecule has 5 N–H and O–H groups in total. The second-order valence-electron chi connectivity index (χ2n) is 4.80. The van der Waals surface area contributed by atoms with Gasteiger partial charge in [0.1, 0.15) is 11.8 Å². The Kier molecular flexibility index (Phi) is 6.77. The van der Waals surface area contributed by atoms with Gasteiger partial charge in [0.2, 0.25) is 0 Å². The molecule has 1 aromatic heterocycles. The van der Waals surface area contributed by atoms with E-state index in [4.69, 9.17) is 10.8 Å². The molecule has 0 spiro atoms. The van der Waals surface area contributed by atoms with E-state index in [0.717, 1.165) is 6.42 Å². The fourth-order valence-corrected chi connectivity index (χ4v) is 1.98. The van der Waals surface area contributed by atoms with Gasteiger partial charge in [0, 0.05) is 23.9 Å². The molecule has 0 aliphatic rings. The monoisotopic (exact) mass is 295 g/mol. The van der Waals surface area contributed by atoms with Crippen LogP contribution >= 0.6 is 0 Å². The van der Waals surface area contributed by atoms with Gasteiger partial charge in [0.15, 0.2) is 6.29 Å². The number of carbonyl (C=O) groups excluding carboxylic acids is 1. The van der Waals surface area contributed by atoms with Crippen molar-refractivity contribution in [3.63, 3.8) is 0 Å². The number of hydrogen-bond acceptors (Lipinski definition) is 6. The van der Waals surface area contributed by atoms with Gasteiger partial charge in [-0.25, -0.2) is 0 Å². The lowest BCUT2D eigenvalue weighted by atomic mass is 10.1. The number of carboxylic acids is 1. The molecule has 0 radical (unpaired) electrons. The van der Waals surface area contributed by atoms with E-state index in [1.165, 1.54) is 6.20 Å². The fraction of sp³-hybridized carbons (Fsp3) is 0.500. The van der Waals surface area contributed by atoms with E-state index in [9.17, 15) is 14.7 Å². The number of carboxylic acid groups (broad SMARTS) is 1. The third kappa shape index (κ3) is 4.80. The first-order chi connectivity index (χ1) is 10.0. The average molecular weight is 295 g/mol. The van der Waals surface area contributed by atoms with Crippen LogP contribution in [-0.2, 0) is 11.3 Å². The number of aromatic hydroxyl groups is 1. The van der Waals surface area contributed by atoms with Gasteiger partial charge in [0.25, 0.3) is 0 Å². The zero-order chi connectivity index (χ0) is 15.8. The van der Waals surface area contributed by atoms with E-state index in [2.05, 4.69) is 10.3 Å². The summed E-state index contributed by atoms with van der Waals surface area (Å²) in [4.78, 5) is 26.0. The van der Waals surface area contributed by atoms with Gasteiger partial charge in [-0.05, 0) is 26.3 Å². The Bertz CT molecular complexity index is 505. The number of aromatic nitrogens is 1. The second kappa shape index (κ2) is 8.33. The lowest BCUT2D eigenvalue weighted by Gasteiger charge is -2.16. The molecule has 1 heterocycles. The first kappa shape index (κ1) is 17.1. The van der Waals surface area contributed by atoms with Crippen molar-refractivity contribution < 1.29 is 19.8 Å². The fourth-order valence-electron chi connectivity index (χ4n) is 1.98. The molecule has 0 bridgehead atoms. The van der Waals surface area contributed by atoms with Crippen LogP contribution in [0.5, 0.6) is 5.75 Å². The third-order valence-corrected chi connectivity index (χ3v) is 3.27. The van der Waals surface area contributed by atoms with Crippen molar-refractivity contribution >= 4 is 12.3 Å². The van der Waals surface area contributed by atoms with Crippen molar-refractivity contribution in [3.05, 3.63) is 23.0 Å². The van der Waals surface area contributed by atoms with Gasteiger partial charge >= 0.3 is 5.97 Å². The molecule has 21 heavy (non-hydrogen) atoms. The summed E-state index contributed by atoms with van der Waals surface area (Å²) in [6, 6.07) is -0.746. The van der Waals surface area contributed by atoms with Crippen LogP contribution in [0.25, 0.3) is 0 Å². The third-order valence-electron chi connectivity index (χ3n) is 3.27. The molecule has 1 rings (SSSR count). The van der Waals surface area contributed by atoms with Gasteiger partial charge in [-0.2, -0.15) is 0 Å². The summed E-state index contributed by atoms with van der Waals surface area (Å²) in [5.41, 5.74) is 6.39. The summed E-state index contributed by atoms with van der Waals surface area (Å²) in [5.74, 6) is -1.05. The number of rotatable bonds is 9. The van der Waals surface area contributed by atoms with Gasteiger partial charge in [-0.3, -0.25) is 14.6 Å². The van der Waals surface area contributed by atoms with Gasteiger partial charge in [-0.15, -0.1) is 0 Å². The average Bonchev–Trinajstić information content (AvgIpc) is 2.46. The number of hydrogen-bond donors (Lipinski definition) is 4. The highest BCUT2D eigenvalue weighted by molar-refractivity contribution is 5.78. The summed E-state index contributed by atoms with van der Waals surface area (Å²) < 4.78 is 0. The Morgan fingerprint density at radius 3 is 2.81 bits per heavy atom. The Morgan fingerprint density at radius 2 is 2.24 bits per heavy atom. The highest BCUT2D eigenvalue weighted by Crippen LogP contribution is 2.22. The minimum atomic E-state index is -0.968. The normalized spacial score (nSPS) is 12.1. The molecular weight excluding hydrogens is 274 g/mol. The molecule has 7 nitrogen and oxygen atoms in total. The number of nitrogens with one attached hydrogen (secondary N) is 1.